The first-order chi connectivity index (χ1) is 14.9. The zero-order valence-corrected chi connectivity index (χ0v) is 18.7. The van der Waals surface area contributed by atoms with Gasteiger partial charge in [0.15, 0.2) is 0 Å². The van der Waals surface area contributed by atoms with Crippen molar-refractivity contribution >= 4 is 38.9 Å². The summed E-state index contributed by atoms with van der Waals surface area (Å²) in [5, 5.41) is 3.52. The summed E-state index contributed by atoms with van der Waals surface area (Å²) in [4.78, 5) is 15.4. The van der Waals surface area contributed by atoms with Crippen molar-refractivity contribution in [2.24, 2.45) is 5.92 Å². The van der Waals surface area contributed by atoms with E-state index in [1.807, 2.05) is 24.3 Å². The molecule has 0 aromatic heterocycles. The molecular weight excluding hydrogens is 438 g/mol. The van der Waals surface area contributed by atoms with E-state index in [-0.39, 0.29) is 17.3 Å². The maximum atomic E-state index is 13.1. The third-order valence-corrected chi connectivity index (χ3v) is 7.85. The van der Waals surface area contributed by atoms with Crippen molar-refractivity contribution in [2.75, 3.05) is 49.6 Å². The van der Waals surface area contributed by atoms with Crippen LogP contribution < -0.4 is 10.2 Å². The average Bonchev–Trinajstić information content (AvgIpc) is 2.80. The first-order valence-corrected chi connectivity index (χ1v) is 12.3. The molecule has 2 aromatic carbocycles. The van der Waals surface area contributed by atoms with Crippen molar-refractivity contribution in [3.8, 4) is 0 Å². The average molecular weight is 464 g/mol. The molecule has 0 saturated carbocycles. The number of piperidine rings is 1. The molecule has 2 aromatic rings. The second-order valence-electron chi connectivity index (χ2n) is 7.76. The number of hydrogen-bond acceptors (Lipinski definition) is 5. The van der Waals surface area contributed by atoms with E-state index in [0.29, 0.717) is 37.6 Å². The summed E-state index contributed by atoms with van der Waals surface area (Å²) < 4.78 is 32.9. The fraction of sp³-hybridized carbons (Fsp3) is 0.409. The molecule has 1 atom stereocenters. The lowest BCUT2D eigenvalue weighted by Gasteiger charge is -2.33. The number of morpholine rings is 1. The third-order valence-electron chi connectivity index (χ3n) is 5.72. The largest absolute Gasteiger partial charge is 0.378 e. The summed E-state index contributed by atoms with van der Waals surface area (Å²) in [5.41, 5.74) is 1.70. The van der Waals surface area contributed by atoms with E-state index in [1.165, 1.54) is 16.4 Å². The molecule has 0 bridgehead atoms. The van der Waals surface area contributed by atoms with Gasteiger partial charge in [-0.3, -0.25) is 4.79 Å². The van der Waals surface area contributed by atoms with Crippen LogP contribution in [0.2, 0.25) is 5.02 Å². The number of amides is 1. The number of para-hydroxylation sites is 2. The first kappa shape index (κ1) is 22.1. The SMILES string of the molecule is O=C(Nc1ccccc1N1CCOCC1)[C@H]1CCCN(S(=O)(=O)c2ccc(Cl)cc2)C1. The fourth-order valence-corrected chi connectivity index (χ4v) is 5.67. The highest BCUT2D eigenvalue weighted by atomic mass is 35.5. The Morgan fingerprint density at radius 1 is 1.03 bits per heavy atom. The summed E-state index contributed by atoms with van der Waals surface area (Å²) in [6.07, 6.45) is 1.29. The minimum Gasteiger partial charge on any atom is -0.378 e. The molecule has 4 rings (SSSR count). The van der Waals surface area contributed by atoms with E-state index in [4.69, 9.17) is 16.3 Å². The van der Waals surface area contributed by atoms with Crippen LogP contribution >= 0.6 is 11.6 Å². The minimum absolute atomic E-state index is 0.156. The molecule has 2 heterocycles. The van der Waals surface area contributed by atoms with Crippen molar-refractivity contribution in [2.45, 2.75) is 17.7 Å². The molecule has 2 fully saturated rings. The van der Waals surface area contributed by atoms with Gasteiger partial charge in [-0.05, 0) is 49.2 Å². The van der Waals surface area contributed by atoms with Gasteiger partial charge in [0, 0.05) is 31.2 Å². The smallest absolute Gasteiger partial charge is 0.243 e. The highest BCUT2D eigenvalue weighted by molar-refractivity contribution is 7.89. The molecule has 2 aliphatic heterocycles. The Morgan fingerprint density at radius 3 is 2.48 bits per heavy atom. The van der Waals surface area contributed by atoms with E-state index in [1.54, 1.807) is 12.1 Å². The summed E-state index contributed by atoms with van der Waals surface area (Å²) >= 11 is 5.89. The first-order valence-electron chi connectivity index (χ1n) is 10.4. The quantitative estimate of drug-likeness (QED) is 0.736. The molecule has 1 amide bonds. The van der Waals surface area contributed by atoms with Crippen molar-refractivity contribution in [1.29, 1.82) is 0 Å². The van der Waals surface area contributed by atoms with E-state index in [2.05, 4.69) is 10.2 Å². The predicted octanol–water partition coefficient (Wildman–Crippen LogP) is 3.22. The molecular formula is C22H26ClN3O4S. The van der Waals surface area contributed by atoms with Crippen LogP contribution in [0.15, 0.2) is 53.4 Å². The molecule has 9 heteroatoms. The Kier molecular flexibility index (Phi) is 6.81. The number of nitrogens with zero attached hydrogens (tertiary/aromatic N) is 2. The van der Waals surface area contributed by atoms with Crippen molar-refractivity contribution in [1.82, 2.24) is 4.31 Å². The molecule has 1 N–H and O–H groups in total. The lowest BCUT2D eigenvalue weighted by atomic mass is 9.98. The molecule has 0 aliphatic carbocycles. The Labute approximate surface area is 188 Å². The van der Waals surface area contributed by atoms with Crippen molar-refractivity contribution in [3.05, 3.63) is 53.6 Å². The van der Waals surface area contributed by atoms with Crippen molar-refractivity contribution in [3.63, 3.8) is 0 Å². The highest BCUT2D eigenvalue weighted by Gasteiger charge is 2.33. The molecule has 0 spiro atoms. The van der Waals surface area contributed by atoms with Crippen LogP contribution in [-0.4, -0.2) is 58.0 Å². The van der Waals surface area contributed by atoms with E-state index >= 15 is 0 Å². The Bertz CT molecular complexity index is 1020. The number of carbonyl (C=O) groups excluding carboxylic acids is 1. The fourth-order valence-electron chi connectivity index (χ4n) is 4.02. The van der Waals surface area contributed by atoms with E-state index in [0.717, 1.165) is 24.5 Å². The maximum absolute atomic E-state index is 13.1. The van der Waals surface area contributed by atoms with Gasteiger partial charge in [0.25, 0.3) is 0 Å². The van der Waals surface area contributed by atoms with Gasteiger partial charge in [0.05, 0.1) is 35.4 Å². The predicted molar refractivity (Wildman–Crippen MR) is 121 cm³/mol. The van der Waals surface area contributed by atoms with E-state index in [9.17, 15) is 13.2 Å². The molecule has 2 saturated heterocycles. The summed E-state index contributed by atoms with van der Waals surface area (Å²) in [6, 6.07) is 13.8. The van der Waals surface area contributed by atoms with Crippen LogP contribution in [0.4, 0.5) is 11.4 Å². The van der Waals surface area contributed by atoms with Gasteiger partial charge in [-0.1, -0.05) is 23.7 Å². The second-order valence-corrected chi connectivity index (χ2v) is 10.1. The standard InChI is InChI=1S/C22H26ClN3O4S/c23-18-7-9-19(10-8-18)31(28,29)26-11-3-4-17(16-26)22(27)24-20-5-1-2-6-21(20)25-12-14-30-15-13-25/h1-2,5-10,17H,3-4,11-16H2,(H,24,27)/t17-/m0/s1. The van der Waals surface area contributed by atoms with Gasteiger partial charge in [-0.15, -0.1) is 0 Å². The lowest BCUT2D eigenvalue weighted by molar-refractivity contribution is -0.120. The number of rotatable bonds is 5. The van der Waals surface area contributed by atoms with Crippen LogP contribution in [0.5, 0.6) is 0 Å². The minimum atomic E-state index is -3.67. The number of sulfonamides is 1. The van der Waals surface area contributed by atoms with E-state index < -0.39 is 15.9 Å². The summed E-state index contributed by atoms with van der Waals surface area (Å²) in [5.74, 6) is -0.565. The number of nitrogens with one attached hydrogen (secondary N) is 1. The second kappa shape index (κ2) is 9.56. The van der Waals surface area contributed by atoms with Crippen LogP contribution in [-0.2, 0) is 19.6 Å². The van der Waals surface area contributed by atoms with Crippen LogP contribution in [0, 0.1) is 5.92 Å². The molecule has 2 aliphatic rings. The monoisotopic (exact) mass is 463 g/mol. The number of benzene rings is 2. The number of ether oxygens (including phenoxy) is 1. The highest BCUT2D eigenvalue weighted by Crippen LogP contribution is 2.29. The van der Waals surface area contributed by atoms with Gasteiger partial charge >= 0.3 is 0 Å². The topological polar surface area (TPSA) is 79.0 Å². The summed E-state index contributed by atoms with van der Waals surface area (Å²) in [7, 11) is -3.67. The maximum Gasteiger partial charge on any atom is 0.243 e. The zero-order valence-electron chi connectivity index (χ0n) is 17.2. The zero-order chi connectivity index (χ0) is 21.8. The number of anilines is 2. The number of halogens is 1. The van der Waals surface area contributed by atoms with Gasteiger partial charge in [-0.25, -0.2) is 8.42 Å². The molecule has 31 heavy (non-hydrogen) atoms. The number of carbonyl (C=O) groups is 1. The Morgan fingerprint density at radius 2 is 1.74 bits per heavy atom. The van der Waals surface area contributed by atoms with Gasteiger partial charge < -0.3 is 15.0 Å². The molecule has 0 unspecified atom stereocenters. The third kappa shape index (κ3) is 5.03. The van der Waals surface area contributed by atoms with Gasteiger partial charge in [0.1, 0.15) is 0 Å². The van der Waals surface area contributed by atoms with Crippen LogP contribution in [0.3, 0.4) is 0 Å². The Balaban J connectivity index is 1.47. The molecule has 7 nitrogen and oxygen atoms in total. The number of hydrogen-bond donors (Lipinski definition) is 1. The Hall–Kier alpha value is -2.13. The lowest BCUT2D eigenvalue weighted by Crippen LogP contribution is -2.44. The molecule has 0 radical (unpaired) electrons. The normalized spacial score (nSPS) is 20.4. The van der Waals surface area contributed by atoms with Crippen molar-refractivity contribution < 1.29 is 17.9 Å². The van der Waals surface area contributed by atoms with Gasteiger partial charge in [0.2, 0.25) is 15.9 Å². The van der Waals surface area contributed by atoms with Crippen LogP contribution in [0.1, 0.15) is 12.8 Å². The summed E-state index contributed by atoms with van der Waals surface area (Å²) in [6.45, 7) is 3.41. The van der Waals surface area contributed by atoms with Gasteiger partial charge in [-0.2, -0.15) is 4.31 Å². The van der Waals surface area contributed by atoms with Crippen LogP contribution in [0.25, 0.3) is 0 Å². The molecule has 166 valence electrons.